The molecule has 13 heavy (non-hydrogen) atoms. The van der Waals surface area contributed by atoms with Crippen LogP contribution in [0.2, 0.25) is 0 Å². The molecule has 0 aliphatic carbocycles. The molecule has 0 aromatic heterocycles. The largest absolute Gasteiger partial charge is 0.331 e. The standard InChI is InChI=1S/C7H14N4O2/c1-5(12)10-4-2-3-6(10)7(13)11(8)9/h6H,2-4,8-9H2,1H3. The van der Waals surface area contributed by atoms with Crippen LogP contribution in [-0.2, 0) is 9.59 Å². The summed E-state index contributed by atoms with van der Waals surface area (Å²) in [5.41, 5.74) is 0. The summed E-state index contributed by atoms with van der Waals surface area (Å²) in [6.07, 6.45) is 1.47. The van der Waals surface area contributed by atoms with E-state index >= 15 is 0 Å². The quantitative estimate of drug-likeness (QED) is 0.298. The van der Waals surface area contributed by atoms with Crippen molar-refractivity contribution >= 4 is 11.8 Å². The Labute approximate surface area is 76.4 Å². The predicted octanol–water partition coefficient (Wildman–Crippen LogP) is -1.43. The fraction of sp³-hybridized carbons (Fsp3) is 0.714. The van der Waals surface area contributed by atoms with E-state index in [2.05, 4.69) is 0 Å². The van der Waals surface area contributed by atoms with E-state index in [1.807, 2.05) is 0 Å². The third-order valence-electron chi connectivity index (χ3n) is 2.20. The van der Waals surface area contributed by atoms with Gasteiger partial charge in [-0.3, -0.25) is 9.59 Å². The van der Waals surface area contributed by atoms with E-state index in [0.717, 1.165) is 6.42 Å². The van der Waals surface area contributed by atoms with E-state index < -0.39 is 11.9 Å². The van der Waals surface area contributed by atoms with Crippen LogP contribution in [0.1, 0.15) is 19.8 Å². The first-order chi connectivity index (χ1) is 6.04. The van der Waals surface area contributed by atoms with Gasteiger partial charge in [-0.2, -0.15) is 0 Å². The molecule has 0 radical (unpaired) electrons. The van der Waals surface area contributed by atoms with Crippen molar-refractivity contribution in [2.75, 3.05) is 6.54 Å². The van der Waals surface area contributed by atoms with Crippen LogP contribution in [0.5, 0.6) is 0 Å². The van der Waals surface area contributed by atoms with Crippen molar-refractivity contribution in [2.45, 2.75) is 25.8 Å². The van der Waals surface area contributed by atoms with Crippen LogP contribution in [0.25, 0.3) is 0 Å². The number of hydrogen-bond acceptors (Lipinski definition) is 4. The molecule has 4 N–H and O–H groups in total. The highest BCUT2D eigenvalue weighted by molar-refractivity contribution is 5.86. The van der Waals surface area contributed by atoms with Crippen LogP contribution >= 0.6 is 0 Å². The first kappa shape index (κ1) is 9.94. The van der Waals surface area contributed by atoms with Gasteiger partial charge in [0.25, 0.3) is 5.91 Å². The van der Waals surface area contributed by atoms with Crippen molar-refractivity contribution < 1.29 is 9.59 Å². The van der Waals surface area contributed by atoms with E-state index in [1.165, 1.54) is 11.8 Å². The lowest BCUT2D eigenvalue weighted by molar-refractivity contribution is -0.143. The number of rotatable bonds is 1. The fourth-order valence-corrected chi connectivity index (χ4v) is 1.57. The van der Waals surface area contributed by atoms with E-state index in [1.54, 1.807) is 0 Å². The van der Waals surface area contributed by atoms with E-state index in [-0.39, 0.29) is 5.91 Å². The summed E-state index contributed by atoms with van der Waals surface area (Å²) in [7, 11) is 0. The smallest absolute Gasteiger partial charge is 0.273 e. The van der Waals surface area contributed by atoms with E-state index in [0.29, 0.717) is 18.1 Å². The molecule has 74 valence electrons. The monoisotopic (exact) mass is 186 g/mol. The molecule has 2 amide bonds. The van der Waals surface area contributed by atoms with Crippen molar-refractivity contribution in [3.8, 4) is 0 Å². The summed E-state index contributed by atoms with van der Waals surface area (Å²) in [6, 6.07) is -0.465. The minimum absolute atomic E-state index is 0.113. The Kier molecular flexibility index (Phi) is 2.84. The summed E-state index contributed by atoms with van der Waals surface area (Å²) < 4.78 is 0. The molecule has 1 fully saturated rings. The number of amides is 2. The van der Waals surface area contributed by atoms with Crippen LogP contribution in [0, 0.1) is 0 Å². The third kappa shape index (κ3) is 1.96. The molecule has 6 nitrogen and oxygen atoms in total. The first-order valence-electron chi connectivity index (χ1n) is 4.14. The first-order valence-corrected chi connectivity index (χ1v) is 4.14. The minimum Gasteiger partial charge on any atom is -0.331 e. The van der Waals surface area contributed by atoms with Crippen molar-refractivity contribution in [1.29, 1.82) is 0 Å². The van der Waals surface area contributed by atoms with Crippen LogP contribution in [-0.4, -0.2) is 34.4 Å². The van der Waals surface area contributed by atoms with Gasteiger partial charge in [0.15, 0.2) is 0 Å². The molecular formula is C7H14N4O2. The number of likely N-dealkylation sites (tertiary alicyclic amines) is 1. The highest BCUT2D eigenvalue weighted by Gasteiger charge is 2.33. The molecule has 1 atom stereocenters. The van der Waals surface area contributed by atoms with E-state index in [9.17, 15) is 9.59 Å². The molecule has 1 aliphatic rings. The van der Waals surface area contributed by atoms with Crippen LogP contribution in [0.15, 0.2) is 0 Å². The van der Waals surface area contributed by atoms with Gasteiger partial charge < -0.3 is 4.90 Å². The summed E-state index contributed by atoms with van der Waals surface area (Å²) >= 11 is 0. The van der Waals surface area contributed by atoms with Crippen LogP contribution < -0.4 is 11.7 Å². The van der Waals surface area contributed by atoms with Gasteiger partial charge in [0, 0.05) is 13.5 Å². The molecule has 1 saturated heterocycles. The Morgan fingerprint density at radius 1 is 1.46 bits per heavy atom. The third-order valence-corrected chi connectivity index (χ3v) is 2.20. The molecule has 0 aromatic carbocycles. The Bertz CT molecular complexity index is 229. The van der Waals surface area contributed by atoms with Gasteiger partial charge in [0.05, 0.1) is 0 Å². The maximum atomic E-state index is 11.3. The molecule has 6 heteroatoms. The normalized spacial score (nSPS) is 21.8. The zero-order valence-electron chi connectivity index (χ0n) is 7.56. The Morgan fingerprint density at radius 3 is 2.54 bits per heavy atom. The molecule has 0 spiro atoms. The van der Waals surface area contributed by atoms with Crippen molar-refractivity contribution in [1.82, 2.24) is 10.0 Å². The maximum absolute atomic E-state index is 11.3. The molecule has 1 aliphatic heterocycles. The maximum Gasteiger partial charge on any atom is 0.273 e. The minimum atomic E-state index is -0.465. The molecular weight excluding hydrogens is 172 g/mol. The average Bonchev–Trinajstić information content (AvgIpc) is 2.50. The zero-order valence-corrected chi connectivity index (χ0v) is 7.56. The van der Waals surface area contributed by atoms with Gasteiger partial charge in [0.2, 0.25) is 5.91 Å². The van der Waals surface area contributed by atoms with Gasteiger partial charge >= 0.3 is 0 Å². The lowest BCUT2D eigenvalue weighted by Crippen LogP contribution is -2.53. The van der Waals surface area contributed by atoms with Gasteiger partial charge in [-0.25, -0.2) is 16.8 Å². The molecule has 1 unspecified atom stereocenters. The number of hydrogen-bond donors (Lipinski definition) is 2. The Hall–Kier alpha value is -1.14. The Morgan fingerprint density at radius 2 is 2.08 bits per heavy atom. The summed E-state index contributed by atoms with van der Waals surface area (Å²) in [5.74, 6) is 9.68. The number of carbonyl (C=O) groups is 2. The number of carbonyl (C=O) groups excluding carboxylic acids is 2. The van der Waals surface area contributed by atoms with Crippen molar-refractivity contribution in [3.05, 3.63) is 0 Å². The molecule has 0 saturated carbocycles. The topological polar surface area (TPSA) is 92.7 Å². The second-order valence-electron chi connectivity index (χ2n) is 3.12. The predicted molar refractivity (Wildman–Crippen MR) is 45.6 cm³/mol. The van der Waals surface area contributed by atoms with Crippen LogP contribution in [0.3, 0.4) is 0 Å². The SMILES string of the molecule is CC(=O)N1CCCC1C(=O)N(N)N. The molecule has 0 bridgehead atoms. The van der Waals surface area contributed by atoms with Crippen molar-refractivity contribution in [3.63, 3.8) is 0 Å². The van der Waals surface area contributed by atoms with Crippen LogP contribution in [0.4, 0.5) is 0 Å². The molecule has 1 rings (SSSR count). The second kappa shape index (κ2) is 3.71. The summed E-state index contributed by atoms with van der Waals surface area (Å²) in [4.78, 5) is 23.9. The lowest BCUT2D eigenvalue weighted by Gasteiger charge is -2.24. The highest BCUT2D eigenvalue weighted by Crippen LogP contribution is 2.17. The summed E-state index contributed by atoms with van der Waals surface area (Å²) in [6.45, 7) is 2.04. The number of nitrogens with two attached hydrogens (primary N) is 2. The highest BCUT2D eigenvalue weighted by atomic mass is 16.2. The van der Waals surface area contributed by atoms with Gasteiger partial charge in [-0.1, -0.05) is 0 Å². The number of nitrogens with zero attached hydrogens (tertiary/aromatic N) is 2. The van der Waals surface area contributed by atoms with Gasteiger partial charge in [-0.05, 0) is 12.8 Å². The molecule has 1 heterocycles. The van der Waals surface area contributed by atoms with Crippen molar-refractivity contribution in [2.24, 2.45) is 11.7 Å². The second-order valence-corrected chi connectivity index (χ2v) is 3.12. The lowest BCUT2D eigenvalue weighted by atomic mass is 10.2. The summed E-state index contributed by atoms with van der Waals surface area (Å²) in [5, 5.41) is 0.548. The fourth-order valence-electron chi connectivity index (χ4n) is 1.57. The Balaban J connectivity index is 2.68. The number of hydrazine groups is 2. The van der Waals surface area contributed by atoms with E-state index in [4.69, 9.17) is 11.7 Å². The van der Waals surface area contributed by atoms with Gasteiger partial charge in [-0.15, -0.1) is 0 Å². The zero-order chi connectivity index (χ0) is 10.0. The molecule has 0 aromatic rings. The van der Waals surface area contributed by atoms with Gasteiger partial charge in [0.1, 0.15) is 6.04 Å². The average molecular weight is 186 g/mol.